The van der Waals surface area contributed by atoms with Gasteiger partial charge in [-0.2, -0.15) is 0 Å². The van der Waals surface area contributed by atoms with E-state index >= 15 is 0 Å². The van der Waals surface area contributed by atoms with Crippen LogP contribution in [0.4, 0.5) is 4.79 Å². The summed E-state index contributed by atoms with van der Waals surface area (Å²) >= 11 is 0. The van der Waals surface area contributed by atoms with E-state index in [1.165, 1.54) is 96.3 Å². The lowest BCUT2D eigenvalue weighted by molar-refractivity contribution is -0.0372. The van der Waals surface area contributed by atoms with Crippen molar-refractivity contribution in [3.8, 4) is 0 Å². The van der Waals surface area contributed by atoms with Crippen molar-refractivity contribution < 1.29 is 4.79 Å². The molecule has 1 saturated heterocycles. The number of amides is 2. The maximum absolute atomic E-state index is 13.4. The molecule has 1 heterocycles. The van der Waals surface area contributed by atoms with E-state index in [1.54, 1.807) is 0 Å². The van der Waals surface area contributed by atoms with Gasteiger partial charge in [0.25, 0.3) is 0 Å². The maximum Gasteiger partial charge on any atom is 0.322 e. The highest BCUT2D eigenvalue weighted by atomic mass is 16.2. The minimum absolute atomic E-state index is 0.367. The molecule has 2 amide bonds. The zero-order valence-electron chi connectivity index (χ0n) is 16.0. The van der Waals surface area contributed by atoms with Crippen molar-refractivity contribution in [3.63, 3.8) is 0 Å². The number of carbonyl (C=O) groups is 1. The number of urea groups is 1. The SMILES string of the molecule is O=C1N(C2CCCCC2)CN(C2CCCCC2)CN1C1CCCCC1. The Kier molecular flexibility index (Phi) is 5.84. The molecule has 0 spiro atoms. The van der Waals surface area contributed by atoms with E-state index in [0.717, 1.165) is 13.3 Å². The molecule has 0 atom stereocenters. The molecule has 0 aromatic rings. The van der Waals surface area contributed by atoms with E-state index in [9.17, 15) is 4.79 Å². The molecule has 4 nitrogen and oxygen atoms in total. The third kappa shape index (κ3) is 3.99. The van der Waals surface area contributed by atoms with Gasteiger partial charge in [0, 0.05) is 18.1 Å². The van der Waals surface area contributed by atoms with E-state index in [1.807, 2.05) is 0 Å². The highest BCUT2D eigenvalue weighted by Gasteiger charge is 2.40. The number of carbonyl (C=O) groups excluding carboxylic acids is 1. The third-order valence-corrected chi connectivity index (χ3v) is 7.28. The first-order chi connectivity index (χ1) is 12.3. The fraction of sp³-hybridized carbons (Fsp3) is 0.952. The molecular weight excluding hydrogens is 310 g/mol. The van der Waals surface area contributed by atoms with Crippen molar-refractivity contribution in [1.29, 1.82) is 0 Å². The molecule has 0 aromatic carbocycles. The topological polar surface area (TPSA) is 26.8 Å². The Morgan fingerprint density at radius 1 is 0.520 bits per heavy atom. The van der Waals surface area contributed by atoms with Crippen molar-refractivity contribution in [2.75, 3.05) is 13.3 Å². The highest BCUT2D eigenvalue weighted by molar-refractivity contribution is 5.76. The van der Waals surface area contributed by atoms with Gasteiger partial charge in [-0.1, -0.05) is 57.8 Å². The molecule has 25 heavy (non-hydrogen) atoms. The van der Waals surface area contributed by atoms with E-state index in [4.69, 9.17) is 0 Å². The Balaban J connectivity index is 1.51. The van der Waals surface area contributed by atoms with Crippen LogP contribution in [0.2, 0.25) is 0 Å². The molecular formula is C21H37N3O. The summed E-state index contributed by atoms with van der Waals surface area (Å²) in [5, 5.41) is 0. The molecule has 3 aliphatic carbocycles. The van der Waals surface area contributed by atoms with Crippen LogP contribution in [0.3, 0.4) is 0 Å². The van der Waals surface area contributed by atoms with Crippen molar-refractivity contribution in [3.05, 3.63) is 0 Å². The molecule has 0 N–H and O–H groups in total. The van der Waals surface area contributed by atoms with Gasteiger partial charge in [0.1, 0.15) is 0 Å². The molecule has 3 saturated carbocycles. The number of rotatable bonds is 3. The summed E-state index contributed by atoms with van der Waals surface area (Å²) in [5.41, 5.74) is 0. The number of hydrogen-bond acceptors (Lipinski definition) is 2. The smallest absolute Gasteiger partial charge is 0.309 e. The lowest BCUT2D eigenvalue weighted by atomic mass is 9.91. The fourth-order valence-electron chi connectivity index (χ4n) is 5.73. The molecule has 0 aromatic heterocycles. The van der Waals surface area contributed by atoms with Gasteiger partial charge < -0.3 is 9.80 Å². The van der Waals surface area contributed by atoms with Crippen LogP contribution in [0.25, 0.3) is 0 Å². The van der Waals surface area contributed by atoms with Gasteiger partial charge in [0.2, 0.25) is 0 Å². The van der Waals surface area contributed by atoms with Crippen LogP contribution < -0.4 is 0 Å². The fourth-order valence-corrected chi connectivity index (χ4v) is 5.73. The lowest BCUT2D eigenvalue weighted by Crippen LogP contribution is -2.65. The predicted octanol–water partition coefficient (Wildman–Crippen LogP) is 4.94. The molecule has 142 valence electrons. The normalized spacial score (nSPS) is 29.4. The van der Waals surface area contributed by atoms with E-state index < -0.39 is 0 Å². The molecule has 4 fully saturated rings. The van der Waals surface area contributed by atoms with Crippen LogP contribution in [0.1, 0.15) is 96.3 Å². The van der Waals surface area contributed by atoms with E-state index in [-0.39, 0.29) is 0 Å². The summed E-state index contributed by atoms with van der Waals surface area (Å²) in [5.74, 6) is 0. The summed E-state index contributed by atoms with van der Waals surface area (Å²) < 4.78 is 0. The monoisotopic (exact) mass is 347 g/mol. The molecule has 4 rings (SSSR count). The van der Waals surface area contributed by atoms with Crippen molar-refractivity contribution in [1.82, 2.24) is 14.7 Å². The predicted molar refractivity (Wildman–Crippen MR) is 101 cm³/mol. The average Bonchev–Trinajstić information content (AvgIpc) is 2.70. The summed E-state index contributed by atoms with van der Waals surface area (Å²) in [7, 11) is 0. The van der Waals surface area contributed by atoms with Gasteiger partial charge in [0.05, 0.1) is 13.3 Å². The first-order valence-corrected chi connectivity index (χ1v) is 11.1. The van der Waals surface area contributed by atoms with Gasteiger partial charge in [-0.15, -0.1) is 0 Å². The Hall–Kier alpha value is -0.770. The van der Waals surface area contributed by atoms with Crippen LogP contribution in [-0.2, 0) is 0 Å². The molecule has 0 unspecified atom stereocenters. The van der Waals surface area contributed by atoms with Crippen molar-refractivity contribution in [2.45, 2.75) is 114 Å². The minimum atomic E-state index is 0.367. The minimum Gasteiger partial charge on any atom is -0.309 e. The van der Waals surface area contributed by atoms with Gasteiger partial charge in [0.15, 0.2) is 0 Å². The standard InChI is InChI=1S/C21H37N3O/c25-21-23(19-12-6-2-7-13-19)16-22(18-10-4-1-5-11-18)17-24(21)20-14-8-3-9-15-20/h18-20H,1-17H2. The summed E-state index contributed by atoms with van der Waals surface area (Å²) in [6, 6.07) is 2.07. The zero-order chi connectivity index (χ0) is 17.1. The average molecular weight is 348 g/mol. The Labute approximate surface area is 153 Å². The van der Waals surface area contributed by atoms with Crippen LogP contribution in [0.15, 0.2) is 0 Å². The van der Waals surface area contributed by atoms with Crippen molar-refractivity contribution in [2.24, 2.45) is 0 Å². The highest BCUT2D eigenvalue weighted by Crippen LogP contribution is 2.32. The lowest BCUT2D eigenvalue weighted by Gasteiger charge is -2.51. The van der Waals surface area contributed by atoms with Gasteiger partial charge in [-0.05, 0) is 38.5 Å². The number of hydrogen-bond donors (Lipinski definition) is 0. The van der Waals surface area contributed by atoms with Gasteiger partial charge in [-0.3, -0.25) is 4.90 Å². The molecule has 4 heteroatoms. The van der Waals surface area contributed by atoms with Crippen LogP contribution >= 0.6 is 0 Å². The van der Waals surface area contributed by atoms with Crippen LogP contribution in [0, 0.1) is 0 Å². The second-order valence-corrected chi connectivity index (χ2v) is 8.97. The summed E-state index contributed by atoms with van der Waals surface area (Å²) in [6.07, 6.45) is 19.7. The van der Waals surface area contributed by atoms with Gasteiger partial charge >= 0.3 is 6.03 Å². The first-order valence-electron chi connectivity index (χ1n) is 11.1. The maximum atomic E-state index is 13.4. The zero-order valence-corrected chi connectivity index (χ0v) is 16.0. The largest absolute Gasteiger partial charge is 0.322 e. The van der Waals surface area contributed by atoms with E-state index in [0.29, 0.717) is 24.2 Å². The first kappa shape index (κ1) is 17.6. The Bertz CT molecular complexity index is 406. The summed E-state index contributed by atoms with van der Waals surface area (Å²) in [4.78, 5) is 20.6. The van der Waals surface area contributed by atoms with Gasteiger partial charge in [-0.25, -0.2) is 4.79 Å². The second-order valence-electron chi connectivity index (χ2n) is 8.97. The Morgan fingerprint density at radius 2 is 0.880 bits per heavy atom. The number of nitrogens with zero attached hydrogens (tertiary/aromatic N) is 3. The third-order valence-electron chi connectivity index (χ3n) is 7.28. The molecule has 0 bridgehead atoms. The van der Waals surface area contributed by atoms with Crippen molar-refractivity contribution >= 4 is 6.03 Å². The Morgan fingerprint density at radius 3 is 1.28 bits per heavy atom. The van der Waals surface area contributed by atoms with Crippen LogP contribution in [-0.4, -0.2) is 52.2 Å². The quantitative estimate of drug-likeness (QED) is 0.723. The van der Waals surface area contributed by atoms with E-state index in [2.05, 4.69) is 14.7 Å². The molecule has 0 radical (unpaired) electrons. The molecule has 4 aliphatic rings. The second kappa shape index (κ2) is 8.28. The summed E-state index contributed by atoms with van der Waals surface area (Å²) in [6.45, 7) is 1.80. The van der Waals surface area contributed by atoms with Crippen LogP contribution in [0.5, 0.6) is 0 Å². The molecule has 1 aliphatic heterocycles.